The zero-order chi connectivity index (χ0) is 15.3. The Balaban J connectivity index is 2.42. The van der Waals surface area contributed by atoms with Gasteiger partial charge in [0.25, 0.3) is 0 Å². The van der Waals surface area contributed by atoms with Crippen LogP contribution in [0.5, 0.6) is 0 Å². The fourth-order valence-corrected chi connectivity index (χ4v) is 1.80. The molecule has 1 aliphatic rings. The molecule has 0 heterocycles. The van der Waals surface area contributed by atoms with Gasteiger partial charge in [0.1, 0.15) is 0 Å². The highest BCUT2D eigenvalue weighted by molar-refractivity contribution is 5.87. The fourth-order valence-electron chi connectivity index (χ4n) is 1.80. The molecule has 0 radical (unpaired) electrons. The number of nitrogens with one attached hydrogen (secondary N) is 1. The maximum atomic E-state index is 12.0. The molecular weight excluding hydrogens is 262 g/mol. The van der Waals surface area contributed by atoms with E-state index in [0.29, 0.717) is 0 Å². The minimum Gasteiger partial charge on any atom is -0.481 e. The first-order valence-corrected chi connectivity index (χ1v) is 6.87. The molecule has 1 saturated carbocycles. The fraction of sp³-hybridized carbons (Fsp3) is 0.769. The summed E-state index contributed by atoms with van der Waals surface area (Å²) >= 11 is 0. The topological polar surface area (TPSA) is 113 Å². The van der Waals surface area contributed by atoms with Gasteiger partial charge in [-0.3, -0.25) is 14.4 Å². The predicted molar refractivity (Wildman–Crippen MR) is 72.8 cm³/mol. The molecule has 1 fully saturated rings. The van der Waals surface area contributed by atoms with Gasteiger partial charge in [0.05, 0.1) is 19.0 Å². The summed E-state index contributed by atoms with van der Waals surface area (Å²) in [5.74, 6) is -1.55. The predicted octanol–water partition coefficient (Wildman–Crippen LogP) is -0.448. The van der Waals surface area contributed by atoms with Crippen molar-refractivity contribution in [1.29, 1.82) is 0 Å². The van der Waals surface area contributed by atoms with Gasteiger partial charge in [0.2, 0.25) is 11.8 Å². The van der Waals surface area contributed by atoms with E-state index in [1.165, 1.54) is 4.90 Å². The van der Waals surface area contributed by atoms with E-state index in [9.17, 15) is 14.4 Å². The van der Waals surface area contributed by atoms with Crippen LogP contribution in [-0.4, -0.2) is 53.0 Å². The normalized spacial score (nSPS) is 15.8. The number of carbonyl (C=O) groups excluding carboxylic acids is 2. The lowest BCUT2D eigenvalue weighted by Crippen LogP contribution is -2.48. The van der Waals surface area contributed by atoms with E-state index in [-0.39, 0.29) is 43.3 Å². The molecule has 0 saturated heterocycles. The Morgan fingerprint density at radius 3 is 2.40 bits per heavy atom. The van der Waals surface area contributed by atoms with Crippen LogP contribution in [0.2, 0.25) is 0 Å². The third kappa shape index (κ3) is 5.16. The number of carboxylic acids is 1. The number of aliphatic carboxylic acids is 1. The van der Waals surface area contributed by atoms with E-state index in [1.807, 2.05) is 13.8 Å². The van der Waals surface area contributed by atoms with Gasteiger partial charge in [-0.1, -0.05) is 13.8 Å². The van der Waals surface area contributed by atoms with Gasteiger partial charge in [0.15, 0.2) is 0 Å². The molecule has 1 atom stereocenters. The van der Waals surface area contributed by atoms with Crippen molar-refractivity contribution in [2.24, 2.45) is 11.7 Å². The Hall–Kier alpha value is -1.63. The summed E-state index contributed by atoms with van der Waals surface area (Å²) < 4.78 is 0. The van der Waals surface area contributed by atoms with E-state index >= 15 is 0 Å². The maximum Gasteiger partial charge on any atom is 0.305 e. The summed E-state index contributed by atoms with van der Waals surface area (Å²) in [6, 6.07) is -0.520. The van der Waals surface area contributed by atoms with Crippen LogP contribution in [0.1, 0.15) is 33.1 Å². The summed E-state index contributed by atoms with van der Waals surface area (Å²) in [6.45, 7) is 3.71. The van der Waals surface area contributed by atoms with Crippen LogP contribution in [0.4, 0.5) is 0 Å². The van der Waals surface area contributed by atoms with Gasteiger partial charge in [-0.2, -0.15) is 0 Å². The number of nitrogens with two attached hydrogens (primary N) is 1. The zero-order valence-corrected chi connectivity index (χ0v) is 12.0. The van der Waals surface area contributed by atoms with E-state index < -0.39 is 12.0 Å². The molecule has 7 nitrogen and oxygen atoms in total. The molecule has 4 N–H and O–H groups in total. The van der Waals surface area contributed by atoms with Crippen LogP contribution in [0.25, 0.3) is 0 Å². The first kappa shape index (κ1) is 16.4. The van der Waals surface area contributed by atoms with Crippen molar-refractivity contribution in [3.8, 4) is 0 Å². The molecule has 1 rings (SSSR count). The third-order valence-corrected chi connectivity index (χ3v) is 3.31. The molecule has 2 amide bonds. The number of carbonyl (C=O) groups is 3. The number of amides is 2. The highest BCUT2D eigenvalue weighted by Gasteiger charge is 2.32. The van der Waals surface area contributed by atoms with Crippen molar-refractivity contribution in [3.05, 3.63) is 0 Å². The molecule has 1 aliphatic carbocycles. The number of hydrogen-bond acceptors (Lipinski definition) is 4. The van der Waals surface area contributed by atoms with E-state index in [4.69, 9.17) is 10.8 Å². The summed E-state index contributed by atoms with van der Waals surface area (Å²) in [7, 11) is 0. The van der Waals surface area contributed by atoms with Crippen LogP contribution in [0.15, 0.2) is 0 Å². The standard InChI is InChI=1S/C13H23N3O4/c1-8(2)12(14)13(20)15-7-10(17)16(9-3-4-9)6-5-11(18)19/h8-9,12H,3-7,14H2,1-2H3,(H,15,20)(H,18,19)/t12-/m0/s1. The number of rotatable bonds is 8. The first-order valence-electron chi connectivity index (χ1n) is 6.87. The maximum absolute atomic E-state index is 12.0. The molecule has 0 aromatic heterocycles. The van der Waals surface area contributed by atoms with Crippen molar-refractivity contribution in [2.45, 2.75) is 45.2 Å². The van der Waals surface area contributed by atoms with E-state index in [1.54, 1.807) is 0 Å². The van der Waals surface area contributed by atoms with Gasteiger partial charge in [-0.25, -0.2) is 0 Å². The van der Waals surface area contributed by atoms with Crippen LogP contribution in [-0.2, 0) is 14.4 Å². The Morgan fingerprint density at radius 2 is 1.95 bits per heavy atom. The van der Waals surface area contributed by atoms with Crippen LogP contribution in [0.3, 0.4) is 0 Å². The molecule has 7 heteroatoms. The van der Waals surface area contributed by atoms with Gasteiger partial charge < -0.3 is 21.1 Å². The minimum absolute atomic E-state index is 0.00310. The number of hydrogen-bond donors (Lipinski definition) is 3. The molecule has 114 valence electrons. The Bertz CT molecular complexity index is 380. The largest absolute Gasteiger partial charge is 0.481 e. The Kier molecular flexibility index (Phi) is 5.94. The molecule has 0 unspecified atom stereocenters. The quantitative estimate of drug-likeness (QED) is 0.559. The molecular formula is C13H23N3O4. The van der Waals surface area contributed by atoms with Gasteiger partial charge in [-0.05, 0) is 18.8 Å². The molecule has 20 heavy (non-hydrogen) atoms. The molecule has 0 aromatic rings. The van der Waals surface area contributed by atoms with Crippen LogP contribution in [0, 0.1) is 5.92 Å². The van der Waals surface area contributed by atoms with Crippen molar-refractivity contribution in [1.82, 2.24) is 10.2 Å². The summed E-state index contributed by atoms with van der Waals surface area (Å²) in [4.78, 5) is 35.8. The highest BCUT2D eigenvalue weighted by Crippen LogP contribution is 2.26. The average molecular weight is 285 g/mol. The second kappa shape index (κ2) is 7.23. The first-order chi connectivity index (χ1) is 9.32. The van der Waals surface area contributed by atoms with Gasteiger partial charge in [-0.15, -0.1) is 0 Å². The third-order valence-electron chi connectivity index (χ3n) is 3.31. The van der Waals surface area contributed by atoms with Gasteiger partial charge in [0, 0.05) is 12.6 Å². The van der Waals surface area contributed by atoms with Crippen LogP contribution < -0.4 is 11.1 Å². The minimum atomic E-state index is -0.936. The van der Waals surface area contributed by atoms with Crippen molar-refractivity contribution >= 4 is 17.8 Å². The van der Waals surface area contributed by atoms with Crippen molar-refractivity contribution < 1.29 is 19.5 Å². The highest BCUT2D eigenvalue weighted by atomic mass is 16.4. The van der Waals surface area contributed by atoms with Crippen LogP contribution >= 0.6 is 0 Å². The summed E-state index contributed by atoms with van der Waals surface area (Å²) in [6.07, 6.45) is 1.71. The second-order valence-electron chi connectivity index (χ2n) is 5.45. The van der Waals surface area contributed by atoms with E-state index in [0.717, 1.165) is 12.8 Å². The van der Waals surface area contributed by atoms with Crippen molar-refractivity contribution in [2.75, 3.05) is 13.1 Å². The van der Waals surface area contributed by atoms with E-state index in [2.05, 4.69) is 5.32 Å². The lowest BCUT2D eigenvalue weighted by molar-refractivity contribution is -0.139. The van der Waals surface area contributed by atoms with Crippen molar-refractivity contribution in [3.63, 3.8) is 0 Å². The van der Waals surface area contributed by atoms with Gasteiger partial charge >= 0.3 is 5.97 Å². The number of carboxylic acid groups (broad SMARTS) is 1. The molecule has 0 bridgehead atoms. The Labute approximate surface area is 118 Å². The monoisotopic (exact) mass is 285 g/mol. The SMILES string of the molecule is CC(C)[C@H](N)C(=O)NCC(=O)N(CCC(=O)O)C1CC1. The summed E-state index contributed by atoms with van der Waals surface area (Å²) in [5.41, 5.74) is 5.68. The average Bonchev–Trinajstić information content (AvgIpc) is 3.19. The lowest BCUT2D eigenvalue weighted by atomic mass is 10.1. The molecule has 0 spiro atoms. The number of nitrogens with zero attached hydrogens (tertiary/aromatic N) is 1. The second-order valence-corrected chi connectivity index (χ2v) is 5.45. The zero-order valence-electron chi connectivity index (χ0n) is 12.0. The lowest BCUT2D eigenvalue weighted by Gasteiger charge is -2.22. The molecule has 0 aromatic carbocycles. The smallest absolute Gasteiger partial charge is 0.305 e. The Morgan fingerprint density at radius 1 is 1.35 bits per heavy atom. The summed E-state index contributed by atoms with van der Waals surface area (Å²) in [5, 5.41) is 11.2. The molecule has 0 aliphatic heterocycles.